The molecule has 2 rings (SSSR count). The van der Waals surface area contributed by atoms with Gasteiger partial charge in [0.1, 0.15) is 5.75 Å². The number of hydrogen-bond donors (Lipinski definition) is 1. The number of fused-ring (bicyclic) bond motifs is 1. The molecule has 0 saturated carbocycles. The maximum atomic E-state index is 6.53. The van der Waals surface area contributed by atoms with Crippen LogP contribution >= 0.6 is 15.9 Å². The van der Waals surface area contributed by atoms with Crippen LogP contribution in [0.3, 0.4) is 0 Å². The van der Waals surface area contributed by atoms with Crippen molar-refractivity contribution in [1.82, 2.24) is 0 Å². The first-order valence-corrected chi connectivity index (χ1v) is 8.17. The van der Waals surface area contributed by atoms with E-state index < -0.39 is 0 Å². The van der Waals surface area contributed by atoms with E-state index in [0.29, 0.717) is 5.92 Å². The van der Waals surface area contributed by atoms with Gasteiger partial charge in [-0.05, 0) is 30.0 Å². The summed E-state index contributed by atoms with van der Waals surface area (Å²) in [5.74, 6) is 1.59. The van der Waals surface area contributed by atoms with Gasteiger partial charge < -0.3 is 10.5 Å². The summed E-state index contributed by atoms with van der Waals surface area (Å²) in [5, 5.41) is 0. The van der Waals surface area contributed by atoms with E-state index in [1.54, 1.807) is 0 Å². The fourth-order valence-electron chi connectivity index (χ4n) is 2.90. The highest BCUT2D eigenvalue weighted by atomic mass is 79.9. The largest absolute Gasteiger partial charge is 0.493 e. The second kappa shape index (κ2) is 6.76. The second-order valence-electron chi connectivity index (χ2n) is 5.42. The van der Waals surface area contributed by atoms with Crippen LogP contribution in [0.2, 0.25) is 0 Å². The molecule has 1 aliphatic rings. The van der Waals surface area contributed by atoms with Gasteiger partial charge in [0.25, 0.3) is 0 Å². The molecule has 0 radical (unpaired) electrons. The second-order valence-corrected chi connectivity index (χ2v) is 6.33. The third-order valence-corrected chi connectivity index (χ3v) is 4.55. The fourth-order valence-corrected chi connectivity index (χ4v) is 3.43. The summed E-state index contributed by atoms with van der Waals surface area (Å²) in [4.78, 5) is 0. The summed E-state index contributed by atoms with van der Waals surface area (Å²) in [6, 6.07) is 4.38. The minimum Gasteiger partial charge on any atom is -0.493 e. The van der Waals surface area contributed by atoms with Crippen LogP contribution in [0.15, 0.2) is 16.6 Å². The van der Waals surface area contributed by atoms with Crippen molar-refractivity contribution in [2.45, 2.75) is 52.0 Å². The maximum Gasteiger partial charge on any atom is 0.127 e. The van der Waals surface area contributed by atoms with Gasteiger partial charge in [0, 0.05) is 22.5 Å². The zero-order valence-electron chi connectivity index (χ0n) is 11.9. The number of benzene rings is 1. The van der Waals surface area contributed by atoms with Crippen LogP contribution in [0, 0.1) is 5.92 Å². The van der Waals surface area contributed by atoms with Crippen LogP contribution in [-0.4, -0.2) is 6.61 Å². The van der Waals surface area contributed by atoms with Crippen molar-refractivity contribution in [3.05, 3.63) is 27.7 Å². The smallest absolute Gasteiger partial charge is 0.127 e. The Morgan fingerprint density at radius 2 is 2.16 bits per heavy atom. The zero-order chi connectivity index (χ0) is 13.8. The molecule has 0 saturated heterocycles. The minimum absolute atomic E-state index is 0.0842. The third kappa shape index (κ3) is 3.32. The summed E-state index contributed by atoms with van der Waals surface area (Å²) in [6.07, 6.45) is 5.82. The molecule has 2 nitrogen and oxygen atoms in total. The number of rotatable bonds is 6. The van der Waals surface area contributed by atoms with Gasteiger partial charge in [-0.15, -0.1) is 0 Å². The van der Waals surface area contributed by atoms with E-state index >= 15 is 0 Å². The van der Waals surface area contributed by atoms with Gasteiger partial charge >= 0.3 is 0 Å². The molecule has 1 aromatic carbocycles. The average molecular weight is 326 g/mol. The lowest BCUT2D eigenvalue weighted by Crippen LogP contribution is -2.21. The molecule has 1 aromatic rings. The lowest BCUT2D eigenvalue weighted by Gasteiger charge is -2.24. The predicted molar refractivity (Wildman–Crippen MR) is 83.6 cm³/mol. The summed E-state index contributed by atoms with van der Waals surface area (Å²) in [5.41, 5.74) is 9.01. The molecule has 1 heterocycles. The number of nitrogens with two attached hydrogens (primary N) is 1. The molecule has 2 N–H and O–H groups in total. The first kappa shape index (κ1) is 14.9. The van der Waals surface area contributed by atoms with E-state index in [1.165, 1.54) is 30.4 Å². The van der Waals surface area contributed by atoms with Crippen molar-refractivity contribution in [2.75, 3.05) is 6.61 Å². The predicted octanol–water partition coefficient (Wildman–Crippen LogP) is 4.60. The van der Waals surface area contributed by atoms with E-state index in [-0.39, 0.29) is 6.04 Å². The van der Waals surface area contributed by atoms with Crippen molar-refractivity contribution >= 4 is 15.9 Å². The zero-order valence-corrected chi connectivity index (χ0v) is 13.5. The van der Waals surface area contributed by atoms with Gasteiger partial charge in [-0.1, -0.05) is 49.0 Å². The number of hydrogen-bond acceptors (Lipinski definition) is 2. The maximum absolute atomic E-state index is 6.53. The monoisotopic (exact) mass is 325 g/mol. The molecule has 2 unspecified atom stereocenters. The van der Waals surface area contributed by atoms with E-state index in [2.05, 4.69) is 41.9 Å². The molecular weight excluding hydrogens is 302 g/mol. The van der Waals surface area contributed by atoms with Gasteiger partial charge in [-0.3, -0.25) is 0 Å². The van der Waals surface area contributed by atoms with Crippen LogP contribution in [0.1, 0.15) is 56.7 Å². The SMILES string of the molecule is CCCCC(CC)C(N)c1cc(Br)cc2c1OCC2. The van der Waals surface area contributed by atoms with Crippen LogP contribution in [0.25, 0.3) is 0 Å². The van der Waals surface area contributed by atoms with E-state index in [4.69, 9.17) is 10.5 Å². The lowest BCUT2D eigenvalue weighted by molar-refractivity contribution is 0.333. The van der Waals surface area contributed by atoms with Crippen molar-refractivity contribution < 1.29 is 4.74 Å². The Hall–Kier alpha value is -0.540. The first-order valence-electron chi connectivity index (χ1n) is 7.38. The number of unbranched alkanes of at least 4 members (excludes halogenated alkanes) is 1. The Labute approximate surface area is 124 Å². The van der Waals surface area contributed by atoms with Gasteiger partial charge in [0.2, 0.25) is 0 Å². The van der Waals surface area contributed by atoms with E-state index in [9.17, 15) is 0 Å². The summed E-state index contributed by atoms with van der Waals surface area (Å²) in [7, 11) is 0. The molecule has 0 fully saturated rings. The van der Waals surface area contributed by atoms with Crippen LogP contribution in [-0.2, 0) is 6.42 Å². The topological polar surface area (TPSA) is 35.2 Å². The molecule has 1 aliphatic heterocycles. The first-order chi connectivity index (χ1) is 9.17. The van der Waals surface area contributed by atoms with Gasteiger partial charge in [0.15, 0.2) is 0 Å². The van der Waals surface area contributed by atoms with Crippen LogP contribution in [0.5, 0.6) is 5.75 Å². The van der Waals surface area contributed by atoms with Gasteiger partial charge in [-0.25, -0.2) is 0 Å². The molecule has 19 heavy (non-hydrogen) atoms. The lowest BCUT2D eigenvalue weighted by atomic mass is 9.86. The molecule has 3 heteroatoms. The van der Waals surface area contributed by atoms with E-state index in [1.807, 2.05) is 0 Å². The molecule has 0 amide bonds. The Morgan fingerprint density at radius 3 is 2.84 bits per heavy atom. The molecule has 0 spiro atoms. The van der Waals surface area contributed by atoms with Crippen LogP contribution < -0.4 is 10.5 Å². The molecule has 106 valence electrons. The quantitative estimate of drug-likeness (QED) is 0.829. The molecule has 0 bridgehead atoms. The highest BCUT2D eigenvalue weighted by Crippen LogP contribution is 2.39. The molecule has 2 atom stereocenters. The normalized spacial score (nSPS) is 16.8. The highest BCUT2D eigenvalue weighted by Gasteiger charge is 2.25. The van der Waals surface area contributed by atoms with Crippen molar-refractivity contribution in [3.63, 3.8) is 0 Å². The van der Waals surface area contributed by atoms with Crippen LogP contribution in [0.4, 0.5) is 0 Å². The van der Waals surface area contributed by atoms with Gasteiger partial charge in [-0.2, -0.15) is 0 Å². The van der Waals surface area contributed by atoms with Gasteiger partial charge in [0.05, 0.1) is 6.61 Å². The molecule has 0 aliphatic carbocycles. The van der Waals surface area contributed by atoms with Crippen molar-refractivity contribution in [1.29, 1.82) is 0 Å². The highest BCUT2D eigenvalue weighted by molar-refractivity contribution is 9.10. The Balaban J connectivity index is 2.25. The Bertz CT molecular complexity index is 433. The van der Waals surface area contributed by atoms with E-state index in [0.717, 1.165) is 29.7 Å². The fraction of sp³-hybridized carbons (Fsp3) is 0.625. The molecule has 0 aromatic heterocycles. The van der Waals surface area contributed by atoms with Crippen molar-refractivity contribution in [2.24, 2.45) is 11.7 Å². The summed E-state index contributed by atoms with van der Waals surface area (Å²) >= 11 is 3.60. The number of halogens is 1. The van der Waals surface area contributed by atoms with Crippen molar-refractivity contribution in [3.8, 4) is 5.75 Å². The summed E-state index contributed by atoms with van der Waals surface area (Å²) in [6.45, 7) is 5.26. The molecular formula is C16H24BrNO. The Morgan fingerprint density at radius 1 is 1.37 bits per heavy atom. The standard InChI is InChI=1S/C16H24BrNO/c1-3-5-6-11(4-2)15(18)14-10-13(17)9-12-7-8-19-16(12)14/h9-11,15H,3-8,18H2,1-2H3. The minimum atomic E-state index is 0.0842. The summed E-state index contributed by atoms with van der Waals surface area (Å²) < 4.78 is 6.92. The Kier molecular flexibility index (Phi) is 5.28. The number of ether oxygens (including phenoxy) is 1. The third-order valence-electron chi connectivity index (χ3n) is 4.10. The average Bonchev–Trinajstić information content (AvgIpc) is 2.86.